The smallest absolute Gasteiger partial charge is 0.252 e. The van der Waals surface area contributed by atoms with Crippen LogP contribution in [0.4, 0.5) is 5.69 Å². The number of carbonyl (C=O) groups excluding carboxylic acids is 1. The van der Waals surface area contributed by atoms with Gasteiger partial charge in [0.25, 0.3) is 5.56 Å². The molecule has 0 spiro atoms. The number of H-pyrrole nitrogens is 1. The van der Waals surface area contributed by atoms with E-state index in [0.29, 0.717) is 33.8 Å². The van der Waals surface area contributed by atoms with E-state index in [2.05, 4.69) is 39.7 Å². The summed E-state index contributed by atoms with van der Waals surface area (Å²) in [5.74, 6) is 0.684. The van der Waals surface area contributed by atoms with E-state index < -0.39 is 0 Å². The van der Waals surface area contributed by atoms with Crippen molar-refractivity contribution in [3.05, 3.63) is 92.5 Å². The number of amides is 1. The van der Waals surface area contributed by atoms with Gasteiger partial charge in [0.05, 0.1) is 18.2 Å². The van der Waals surface area contributed by atoms with E-state index in [1.807, 2.05) is 36.4 Å². The number of imidazole rings is 1. The first-order chi connectivity index (χ1) is 19.3. The summed E-state index contributed by atoms with van der Waals surface area (Å²) in [4.78, 5) is 33.7. The van der Waals surface area contributed by atoms with Gasteiger partial charge < -0.3 is 14.9 Å². The lowest BCUT2D eigenvalue weighted by molar-refractivity contribution is -0.115. The number of halogens is 2. The van der Waals surface area contributed by atoms with Gasteiger partial charge in [-0.1, -0.05) is 43.1 Å². The number of carbonyl (C=O) groups is 1. The van der Waals surface area contributed by atoms with E-state index in [1.165, 1.54) is 6.33 Å². The number of benzene rings is 2. The molecular weight excluding hydrogens is 551 g/mol. The van der Waals surface area contributed by atoms with Crippen LogP contribution in [0.3, 0.4) is 0 Å². The summed E-state index contributed by atoms with van der Waals surface area (Å²) in [6.45, 7) is 4.21. The van der Waals surface area contributed by atoms with Crippen LogP contribution in [0.25, 0.3) is 28.1 Å². The minimum atomic E-state index is -0.339. The van der Waals surface area contributed by atoms with E-state index in [0.717, 1.165) is 33.6 Å². The number of anilines is 1. The van der Waals surface area contributed by atoms with Gasteiger partial charge in [-0.25, -0.2) is 4.98 Å². The first kappa shape index (κ1) is 24.7. The van der Waals surface area contributed by atoms with E-state index >= 15 is 0 Å². The molecule has 3 atom stereocenters. The average Bonchev–Trinajstić information content (AvgIpc) is 3.71. The van der Waals surface area contributed by atoms with E-state index in [-0.39, 0.29) is 29.3 Å². The molecule has 5 heterocycles. The quantitative estimate of drug-likeness (QED) is 0.311. The Morgan fingerprint density at radius 1 is 1.00 bits per heavy atom. The number of hydrogen-bond acceptors (Lipinski definition) is 6. The molecule has 40 heavy (non-hydrogen) atoms. The number of hydrogen-bond donors (Lipinski definition) is 2. The third kappa shape index (κ3) is 3.86. The van der Waals surface area contributed by atoms with Gasteiger partial charge >= 0.3 is 0 Å². The number of tetrazole rings is 1. The number of pyridine rings is 1. The van der Waals surface area contributed by atoms with Crippen molar-refractivity contribution in [1.82, 2.24) is 34.7 Å². The van der Waals surface area contributed by atoms with Crippen molar-refractivity contribution in [1.29, 1.82) is 0 Å². The maximum Gasteiger partial charge on any atom is 0.252 e. The number of fused-ring (bicyclic) bond motifs is 2. The standard InChI is InChI=1S/C28H22Cl2N8O2/c1-13-14(2)26(28-33-25(27(30)34-28)15-3-5-20-17(7-15)9-23(39)32-20)38-22(13)8-16(10-24(38)40)19-11-18(29)4-6-21(19)37-12-31-35-36-37/h3-8,10-14,26H,9H2,1-2H3,(H,32,39)(H,33,34). The van der Waals surface area contributed by atoms with Gasteiger partial charge in [-0.2, -0.15) is 4.68 Å². The molecule has 0 saturated heterocycles. The molecule has 12 heteroatoms. The van der Waals surface area contributed by atoms with Gasteiger partial charge in [0.1, 0.15) is 23.0 Å². The highest BCUT2D eigenvalue weighted by Crippen LogP contribution is 2.45. The lowest BCUT2D eigenvalue weighted by Crippen LogP contribution is -2.25. The zero-order chi connectivity index (χ0) is 27.7. The second-order valence-electron chi connectivity index (χ2n) is 10.3. The van der Waals surface area contributed by atoms with Crippen molar-refractivity contribution >= 4 is 34.8 Å². The first-order valence-corrected chi connectivity index (χ1v) is 13.5. The Morgan fingerprint density at radius 2 is 1.85 bits per heavy atom. The second-order valence-corrected chi connectivity index (χ2v) is 11.1. The molecule has 0 fully saturated rings. The molecule has 10 nitrogen and oxygen atoms in total. The van der Waals surface area contributed by atoms with Crippen molar-refractivity contribution in [3.8, 4) is 28.1 Å². The third-order valence-electron chi connectivity index (χ3n) is 7.96. The molecule has 7 rings (SSSR count). The van der Waals surface area contributed by atoms with Crippen LogP contribution in [0.2, 0.25) is 10.2 Å². The molecule has 2 N–H and O–H groups in total. The molecule has 5 aromatic rings. The third-order valence-corrected chi connectivity index (χ3v) is 8.47. The second kappa shape index (κ2) is 9.14. The fourth-order valence-electron chi connectivity index (χ4n) is 5.84. The summed E-state index contributed by atoms with van der Waals surface area (Å²) < 4.78 is 3.34. The number of aromatic amines is 1. The molecule has 0 aliphatic carbocycles. The molecule has 0 radical (unpaired) electrons. The van der Waals surface area contributed by atoms with Crippen LogP contribution in [0, 0.1) is 5.92 Å². The first-order valence-electron chi connectivity index (χ1n) is 12.8. The maximum absolute atomic E-state index is 13.8. The summed E-state index contributed by atoms with van der Waals surface area (Å²) in [6.07, 6.45) is 1.82. The summed E-state index contributed by atoms with van der Waals surface area (Å²) >= 11 is 13.0. The highest BCUT2D eigenvalue weighted by molar-refractivity contribution is 6.32. The Kier molecular flexibility index (Phi) is 5.65. The summed E-state index contributed by atoms with van der Waals surface area (Å²) in [6, 6.07) is 14.4. The normalized spacial score (nSPS) is 19.5. The SMILES string of the molecule is CC1c2cc(-c3cc(Cl)ccc3-n3cnnn3)cc(=O)n2C(c2nc(-c3ccc4c(c3)CC(=O)N4)c(Cl)[nH]2)C1C. The average molecular weight is 573 g/mol. The van der Waals surface area contributed by atoms with E-state index in [4.69, 9.17) is 28.2 Å². The van der Waals surface area contributed by atoms with Crippen molar-refractivity contribution in [2.75, 3.05) is 5.32 Å². The maximum atomic E-state index is 13.8. The number of nitrogens with one attached hydrogen (secondary N) is 2. The lowest BCUT2D eigenvalue weighted by atomic mass is 9.90. The van der Waals surface area contributed by atoms with Gasteiger partial charge in [-0.3, -0.25) is 9.59 Å². The summed E-state index contributed by atoms with van der Waals surface area (Å²) in [5.41, 5.74) is 6.01. The topological polar surface area (TPSA) is 123 Å². The van der Waals surface area contributed by atoms with Crippen molar-refractivity contribution in [2.24, 2.45) is 5.92 Å². The molecule has 3 unspecified atom stereocenters. The van der Waals surface area contributed by atoms with Gasteiger partial charge in [0.15, 0.2) is 0 Å². The van der Waals surface area contributed by atoms with E-state index in [1.54, 1.807) is 21.4 Å². The fourth-order valence-corrected chi connectivity index (χ4v) is 6.26. The molecule has 0 bridgehead atoms. The zero-order valence-electron chi connectivity index (χ0n) is 21.4. The highest BCUT2D eigenvalue weighted by atomic mass is 35.5. The van der Waals surface area contributed by atoms with Gasteiger partial charge in [-0.05, 0) is 63.9 Å². The fraction of sp³-hybridized carbons (Fsp3) is 0.214. The molecule has 2 aromatic carbocycles. The molecule has 2 aliphatic heterocycles. The number of aromatic nitrogens is 7. The Morgan fingerprint density at radius 3 is 2.65 bits per heavy atom. The molecule has 0 saturated carbocycles. The summed E-state index contributed by atoms with van der Waals surface area (Å²) in [7, 11) is 0. The lowest BCUT2D eigenvalue weighted by Gasteiger charge is -2.17. The van der Waals surface area contributed by atoms with Gasteiger partial charge in [0.2, 0.25) is 5.91 Å². The molecule has 2 aliphatic rings. The predicted molar refractivity (Wildman–Crippen MR) is 151 cm³/mol. The Bertz CT molecular complexity index is 1880. The van der Waals surface area contributed by atoms with Crippen LogP contribution in [-0.2, 0) is 11.2 Å². The Labute approximate surface area is 238 Å². The minimum absolute atomic E-state index is 0.0343. The molecule has 3 aromatic heterocycles. The van der Waals surface area contributed by atoms with Crippen LogP contribution in [0.15, 0.2) is 59.7 Å². The Hall–Kier alpha value is -4.28. The van der Waals surface area contributed by atoms with E-state index in [9.17, 15) is 9.59 Å². The van der Waals surface area contributed by atoms with Gasteiger partial charge in [0, 0.05) is 39.5 Å². The summed E-state index contributed by atoms with van der Waals surface area (Å²) in [5, 5.41) is 15.3. The predicted octanol–water partition coefficient (Wildman–Crippen LogP) is 5.03. The van der Waals surface area contributed by atoms with Gasteiger partial charge in [-0.15, -0.1) is 5.10 Å². The largest absolute Gasteiger partial charge is 0.331 e. The van der Waals surface area contributed by atoms with Crippen molar-refractivity contribution < 1.29 is 4.79 Å². The number of nitrogens with zero attached hydrogens (tertiary/aromatic N) is 6. The van der Waals surface area contributed by atoms with Crippen LogP contribution < -0.4 is 10.9 Å². The van der Waals surface area contributed by atoms with Crippen LogP contribution >= 0.6 is 23.2 Å². The van der Waals surface area contributed by atoms with Crippen molar-refractivity contribution in [3.63, 3.8) is 0 Å². The Balaban J connectivity index is 1.31. The van der Waals surface area contributed by atoms with Crippen LogP contribution in [-0.4, -0.2) is 40.6 Å². The molecule has 200 valence electrons. The molecule has 1 amide bonds. The zero-order valence-corrected chi connectivity index (χ0v) is 22.9. The number of rotatable bonds is 4. The van der Waals surface area contributed by atoms with Crippen LogP contribution in [0.5, 0.6) is 0 Å². The monoisotopic (exact) mass is 572 g/mol. The molecular formula is C28H22Cl2N8O2. The van der Waals surface area contributed by atoms with Crippen LogP contribution in [0.1, 0.15) is 42.9 Å². The highest BCUT2D eigenvalue weighted by Gasteiger charge is 2.39. The van der Waals surface area contributed by atoms with Crippen molar-refractivity contribution in [2.45, 2.75) is 32.2 Å². The minimum Gasteiger partial charge on any atom is -0.331 e.